The lowest BCUT2D eigenvalue weighted by Crippen LogP contribution is -2.33. The standard InChI is InChI=1S/C23H25N3O4S2/c1-16-15-31-23(24-16)26(19-10-4-3-5-11-19)22(27)17-12-13-20(30-2)21(14-17)32(28,29)25-18-8-6-7-9-18/h3-5,10-15,18,25H,6-9H2,1-2H3. The average Bonchev–Trinajstić information content (AvgIpc) is 3.45. The molecule has 1 heterocycles. The first-order chi connectivity index (χ1) is 15.4. The maximum Gasteiger partial charge on any atom is 0.264 e. The molecule has 0 atom stereocenters. The molecule has 1 aliphatic rings. The minimum Gasteiger partial charge on any atom is -0.495 e. The highest BCUT2D eigenvalue weighted by atomic mass is 32.2. The number of methoxy groups -OCH3 is 1. The Labute approximate surface area is 192 Å². The Bertz CT molecular complexity index is 1200. The number of nitrogens with zero attached hydrogens (tertiary/aromatic N) is 2. The summed E-state index contributed by atoms with van der Waals surface area (Å²) in [5, 5.41) is 2.39. The molecule has 168 valence electrons. The Balaban J connectivity index is 1.74. The van der Waals surface area contributed by atoms with Crippen LogP contribution in [0, 0.1) is 6.92 Å². The van der Waals surface area contributed by atoms with Crippen LogP contribution in [0.4, 0.5) is 10.8 Å². The van der Waals surface area contributed by atoms with E-state index in [2.05, 4.69) is 9.71 Å². The molecule has 0 bridgehead atoms. The third kappa shape index (κ3) is 4.69. The Kier molecular flexibility index (Phi) is 6.59. The zero-order valence-electron chi connectivity index (χ0n) is 17.9. The van der Waals surface area contributed by atoms with E-state index in [4.69, 9.17) is 4.74 Å². The second-order valence-electron chi connectivity index (χ2n) is 7.72. The van der Waals surface area contributed by atoms with E-state index in [1.165, 1.54) is 35.5 Å². The summed E-state index contributed by atoms with van der Waals surface area (Å²) >= 11 is 1.35. The number of rotatable bonds is 7. The highest BCUT2D eigenvalue weighted by Crippen LogP contribution is 2.32. The van der Waals surface area contributed by atoms with Crippen molar-refractivity contribution in [3.05, 3.63) is 65.2 Å². The van der Waals surface area contributed by atoms with Gasteiger partial charge in [-0.05, 0) is 50.1 Å². The van der Waals surface area contributed by atoms with Crippen molar-refractivity contribution in [1.29, 1.82) is 0 Å². The zero-order chi connectivity index (χ0) is 22.7. The lowest BCUT2D eigenvalue weighted by Gasteiger charge is -2.21. The fourth-order valence-corrected chi connectivity index (χ4v) is 6.13. The number of para-hydroxylation sites is 1. The molecule has 1 aromatic heterocycles. The van der Waals surface area contributed by atoms with Crippen molar-refractivity contribution in [2.24, 2.45) is 0 Å². The minimum atomic E-state index is -3.85. The Morgan fingerprint density at radius 1 is 1.16 bits per heavy atom. The molecule has 4 rings (SSSR count). The van der Waals surface area contributed by atoms with Crippen LogP contribution in [0.2, 0.25) is 0 Å². The largest absolute Gasteiger partial charge is 0.495 e. The quantitative estimate of drug-likeness (QED) is 0.541. The third-order valence-electron chi connectivity index (χ3n) is 5.39. The molecule has 9 heteroatoms. The highest BCUT2D eigenvalue weighted by molar-refractivity contribution is 7.89. The lowest BCUT2D eigenvalue weighted by atomic mass is 10.1. The summed E-state index contributed by atoms with van der Waals surface area (Å²) in [6, 6.07) is 13.6. The van der Waals surface area contributed by atoms with Gasteiger partial charge in [-0.3, -0.25) is 9.69 Å². The SMILES string of the molecule is COc1ccc(C(=O)N(c2ccccc2)c2nc(C)cs2)cc1S(=O)(=O)NC1CCCC1. The summed E-state index contributed by atoms with van der Waals surface area (Å²) in [6.45, 7) is 1.86. The van der Waals surface area contributed by atoms with Crippen LogP contribution in [0.5, 0.6) is 5.75 Å². The van der Waals surface area contributed by atoms with Crippen molar-refractivity contribution in [3.63, 3.8) is 0 Å². The number of aromatic nitrogens is 1. The second kappa shape index (κ2) is 9.40. The normalized spacial score (nSPS) is 14.4. The summed E-state index contributed by atoms with van der Waals surface area (Å²) in [7, 11) is -2.44. The van der Waals surface area contributed by atoms with Crippen LogP contribution in [-0.2, 0) is 10.0 Å². The van der Waals surface area contributed by atoms with Crippen LogP contribution in [-0.4, -0.2) is 32.5 Å². The van der Waals surface area contributed by atoms with Gasteiger partial charge in [0.2, 0.25) is 10.0 Å². The van der Waals surface area contributed by atoms with E-state index < -0.39 is 10.0 Å². The van der Waals surface area contributed by atoms with E-state index in [0.717, 1.165) is 31.4 Å². The Morgan fingerprint density at radius 3 is 2.50 bits per heavy atom. The van der Waals surface area contributed by atoms with Crippen LogP contribution in [0.15, 0.2) is 58.8 Å². The van der Waals surface area contributed by atoms with E-state index in [9.17, 15) is 13.2 Å². The molecule has 2 aromatic carbocycles. The number of hydrogen-bond acceptors (Lipinski definition) is 6. The monoisotopic (exact) mass is 471 g/mol. The minimum absolute atomic E-state index is 0.0407. The Morgan fingerprint density at radius 2 is 1.88 bits per heavy atom. The van der Waals surface area contributed by atoms with Crippen molar-refractivity contribution >= 4 is 38.1 Å². The van der Waals surface area contributed by atoms with Crippen LogP contribution < -0.4 is 14.4 Å². The van der Waals surface area contributed by atoms with Gasteiger partial charge in [0.25, 0.3) is 5.91 Å². The topological polar surface area (TPSA) is 88.6 Å². The van der Waals surface area contributed by atoms with Crippen molar-refractivity contribution in [1.82, 2.24) is 9.71 Å². The average molecular weight is 472 g/mol. The maximum absolute atomic E-state index is 13.6. The molecule has 3 aromatic rings. The summed E-state index contributed by atoms with van der Waals surface area (Å²) < 4.78 is 34.3. The molecule has 0 radical (unpaired) electrons. The van der Waals surface area contributed by atoms with Crippen LogP contribution >= 0.6 is 11.3 Å². The molecule has 1 saturated carbocycles. The number of anilines is 2. The van der Waals surface area contributed by atoms with E-state index >= 15 is 0 Å². The number of hydrogen-bond donors (Lipinski definition) is 1. The first-order valence-electron chi connectivity index (χ1n) is 10.4. The van der Waals surface area contributed by atoms with Gasteiger partial charge >= 0.3 is 0 Å². The molecule has 0 saturated heterocycles. The first kappa shape index (κ1) is 22.4. The van der Waals surface area contributed by atoms with E-state index in [0.29, 0.717) is 10.8 Å². The number of thiazole rings is 1. The third-order valence-corrected chi connectivity index (χ3v) is 7.88. The zero-order valence-corrected chi connectivity index (χ0v) is 19.6. The number of carbonyl (C=O) groups is 1. The van der Waals surface area contributed by atoms with Gasteiger partial charge < -0.3 is 4.74 Å². The molecular weight excluding hydrogens is 446 g/mol. The second-order valence-corrected chi connectivity index (χ2v) is 10.2. The first-order valence-corrected chi connectivity index (χ1v) is 12.8. The smallest absolute Gasteiger partial charge is 0.264 e. The van der Waals surface area contributed by atoms with Gasteiger partial charge in [-0.2, -0.15) is 0 Å². The summed E-state index contributed by atoms with van der Waals surface area (Å²) in [5.41, 5.74) is 1.68. The van der Waals surface area contributed by atoms with Gasteiger partial charge in [0.1, 0.15) is 10.6 Å². The van der Waals surface area contributed by atoms with Gasteiger partial charge in [0.15, 0.2) is 5.13 Å². The fourth-order valence-electron chi connectivity index (χ4n) is 3.81. The van der Waals surface area contributed by atoms with Crippen LogP contribution in [0.1, 0.15) is 41.7 Å². The highest BCUT2D eigenvalue weighted by Gasteiger charge is 2.29. The van der Waals surface area contributed by atoms with E-state index in [1.54, 1.807) is 6.07 Å². The number of ether oxygens (including phenoxy) is 1. The predicted molar refractivity (Wildman–Crippen MR) is 125 cm³/mol. The van der Waals surface area contributed by atoms with Gasteiger partial charge in [0.05, 0.1) is 18.5 Å². The van der Waals surface area contributed by atoms with Crippen molar-refractivity contribution in [2.45, 2.75) is 43.5 Å². The van der Waals surface area contributed by atoms with Crippen molar-refractivity contribution in [2.75, 3.05) is 12.0 Å². The number of amides is 1. The van der Waals surface area contributed by atoms with Gasteiger partial charge in [-0.1, -0.05) is 31.0 Å². The maximum atomic E-state index is 13.6. The molecule has 0 aliphatic heterocycles. The Hall–Kier alpha value is -2.75. The molecule has 32 heavy (non-hydrogen) atoms. The van der Waals surface area contributed by atoms with Crippen molar-refractivity contribution < 1.29 is 17.9 Å². The fraction of sp³-hybridized carbons (Fsp3) is 0.304. The van der Waals surface area contributed by atoms with Gasteiger partial charge in [-0.15, -0.1) is 11.3 Å². The van der Waals surface area contributed by atoms with Crippen LogP contribution in [0.3, 0.4) is 0 Å². The number of nitrogens with one attached hydrogen (secondary N) is 1. The van der Waals surface area contributed by atoms with Crippen LogP contribution in [0.25, 0.3) is 0 Å². The number of aryl methyl sites for hydroxylation is 1. The molecule has 0 unspecified atom stereocenters. The molecule has 1 aliphatic carbocycles. The molecule has 0 spiro atoms. The van der Waals surface area contributed by atoms with E-state index in [-0.39, 0.29) is 28.2 Å². The van der Waals surface area contributed by atoms with Gasteiger partial charge in [0, 0.05) is 17.0 Å². The number of sulfonamides is 1. The number of benzene rings is 2. The summed E-state index contributed by atoms with van der Waals surface area (Å²) in [6.07, 6.45) is 3.63. The van der Waals surface area contributed by atoms with Crippen molar-refractivity contribution in [3.8, 4) is 5.75 Å². The molecule has 1 fully saturated rings. The lowest BCUT2D eigenvalue weighted by molar-refractivity contribution is 0.0999. The molecule has 1 amide bonds. The van der Waals surface area contributed by atoms with E-state index in [1.807, 2.05) is 42.6 Å². The summed E-state index contributed by atoms with van der Waals surface area (Å²) in [4.78, 5) is 19.6. The number of carbonyl (C=O) groups excluding carboxylic acids is 1. The predicted octanol–water partition coefficient (Wildman–Crippen LogP) is 4.66. The molecule has 7 nitrogen and oxygen atoms in total. The summed E-state index contributed by atoms with van der Waals surface area (Å²) in [5.74, 6) is -0.172. The molecular formula is C23H25N3O4S2. The molecule has 1 N–H and O–H groups in total. The van der Waals surface area contributed by atoms with Gasteiger partial charge in [-0.25, -0.2) is 18.1 Å².